The number of carbonyl (C=O) groups is 2. The lowest BCUT2D eigenvalue weighted by atomic mass is 10.2. The van der Waals surface area contributed by atoms with E-state index >= 15 is 0 Å². The lowest BCUT2D eigenvalue weighted by Crippen LogP contribution is -2.49. The van der Waals surface area contributed by atoms with Crippen LogP contribution in [0.1, 0.15) is 26.2 Å². The molecule has 0 heterocycles. The largest absolute Gasteiger partial charge is 0.480 e. The highest BCUT2D eigenvalue weighted by Gasteiger charge is 2.24. The summed E-state index contributed by atoms with van der Waals surface area (Å²) in [6.07, 6.45) is 2.40. The van der Waals surface area contributed by atoms with Gasteiger partial charge in [0, 0.05) is 19.3 Å². The number of carboxylic acids is 1. The third-order valence-corrected chi connectivity index (χ3v) is 3.79. The van der Waals surface area contributed by atoms with E-state index in [0.717, 1.165) is 19.1 Å². The topological polar surface area (TPSA) is 124 Å². The zero-order chi connectivity index (χ0) is 16.5. The molecule has 0 saturated carbocycles. The summed E-state index contributed by atoms with van der Waals surface area (Å²) in [7, 11) is -3.30. The van der Waals surface area contributed by atoms with Gasteiger partial charge in [0.1, 0.15) is 15.9 Å². The molecule has 0 aromatic heterocycles. The maximum Gasteiger partial charge on any atom is 0.326 e. The van der Waals surface area contributed by atoms with Crippen molar-refractivity contribution in [1.82, 2.24) is 10.2 Å². The summed E-state index contributed by atoms with van der Waals surface area (Å²) in [5.74, 6) is -1.61. The fourth-order valence-corrected chi connectivity index (χ4v) is 2.28. The number of urea groups is 1. The Morgan fingerprint density at radius 2 is 1.90 bits per heavy atom. The second kappa shape index (κ2) is 9.56. The maximum absolute atomic E-state index is 12.0. The van der Waals surface area contributed by atoms with Crippen LogP contribution in [0, 0.1) is 0 Å². The number of carbonyl (C=O) groups excluding carboxylic acids is 1. The lowest BCUT2D eigenvalue weighted by Gasteiger charge is -2.24. The molecule has 0 spiro atoms. The van der Waals surface area contributed by atoms with Crippen LogP contribution >= 0.6 is 0 Å². The minimum absolute atomic E-state index is 0.101. The standard InChI is InChI=1S/C12H24N2O6S/c1-3-4-6-14(7-8-15)12(18)13-10(11(16)17)5-9-21(2,19)20/h10,15H,3-9H2,1-2H3,(H,13,18)(H,16,17). The number of aliphatic hydroxyl groups excluding tert-OH is 1. The average Bonchev–Trinajstić information content (AvgIpc) is 2.37. The van der Waals surface area contributed by atoms with E-state index in [-0.39, 0.29) is 25.3 Å². The van der Waals surface area contributed by atoms with Gasteiger partial charge in [0.05, 0.1) is 12.4 Å². The van der Waals surface area contributed by atoms with Crippen molar-refractivity contribution in [2.75, 3.05) is 31.7 Å². The van der Waals surface area contributed by atoms with E-state index in [4.69, 9.17) is 10.2 Å². The van der Waals surface area contributed by atoms with Crippen molar-refractivity contribution in [3.63, 3.8) is 0 Å². The van der Waals surface area contributed by atoms with Crippen LogP contribution in [0.5, 0.6) is 0 Å². The van der Waals surface area contributed by atoms with Crippen molar-refractivity contribution in [2.24, 2.45) is 0 Å². The lowest BCUT2D eigenvalue weighted by molar-refractivity contribution is -0.139. The number of unbranched alkanes of at least 4 members (excludes halogenated alkanes) is 1. The van der Waals surface area contributed by atoms with Gasteiger partial charge >= 0.3 is 12.0 Å². The number of aliphatic hydroxyl groups is 1. The third-order valence-electron chi connectivity index (χ3n) is 2.81. The summed E-state index contributed by atoms with van der Waals surface area (Å²) in [6, 6.07) is -1.88. The fourth-order valence-electron chi connectivity index (χ4n) is 1.61. The molecule has 8 nitrogen and oxygen atoms in total. The van der Waals surface area contributed by atoms with Gasteiger partial charge in [-0.1, -0.05) is 13.3 Å². The van der Waals surface area contributed by atoms with Gasteiger partial charge in [0.15, 0.2) is 0 Å². The van der Waals surface area contributed by atoms with E-state index in [1.54, 1.807) is 0 Å². The van der Waals surface area contributed by atoms with E-state index in [1.807, 2.05) is 6.92 Å². The third kappa shape index (κ3) is 9.24. The molecule has 0 fully saturated rings. The first-order chi connectivity index (χ1) is 9.71. The molecular formula is C12H24N2O6S. The fraction of sp³-hybridized carbons (Fsp3) is 0.833. The average molecular weight is 324 g/mol. The predicted octanol–water partition coefficient (Wildman–Crippen LogP) is -0.322. The summed E-state index contributed by atoms with van der Waals surface area (Å²) in [4.78, 5) is 24.4. The van der Waals surface area contributed by atoms with Crippen LogP contribution in [-0.2, 0) is 14.6 Å². The van der Waals surface area contributed by atoms with Crippen LogP contribution in [0.3, 0.4) is 0 Å². The molecule has 1 atom stereocenters. The molecule has 3 N–H and O–H groups in total. The Balaban J connectivity index is 4.65. The Bertz CT molecular complexity index is 437. The molecule has 2 amide bonds. The highest BCUT2D eigenvalue weighted by atomic mass is 32.2. The zero-order valence-corrected chi connectivity index (χ0v) is 13.2. The minimum Gasteiger partial charge on any atom is -0.480 e. The summed E-state index contributed by atoms with van der Waals surface area (Å²) in [5, 5.41) is 20.2. The summed E-state index contributed by atoms with van der Waals surface area (Å²) in [6.45, 7) is 2.23. The number of carboxylic acid groups (broad SMARTS) is 1. The Morgan fingerprint density at radius 3 is 2.33 bits per heavy atom. The van der Waals surface area contributed by atoms with Crippen molar-refractivity contribution < 1.29 is 28.2 Å². The van der Waals surface area contributed by atoms with Crippen molar-refractivity contribution in [2.45, 2.75) is 32.2 Å². The first kappa shape index (κ1) is 19.7. The van der Waals surface area contributed by atoms with Crippen molar-refractivity contribution in [1.29, 1.82) is 0 Å². The quantitative estimate of drug-likeness (QED) is 0.506. The Morgan fingerprint density at radius 1 is 1.29 bits per heavy atom. The van der Waals surface area contributed by atoms with Gasteiger partial charge in [-0.3, -0.25) is 0 Å². The molecule has 0 aliphatic rings. The second-order valence-corrected chi connectivity index (χ2v) is 7.08. The molecular weight excluding hydrogens is 300 g/mol. The van der Waals surface area contributed by atoms with Crippen LogP contribution in [0.25, 0.3) is 0 Å². The number of hydrogen-bond donors (Lipinski definition) is 3. The van der Waals surface area contributed by atoms with Gasteiger partial charge in [-0.05, 0) is 12.8 Å². The molecule has 1 unspecified atom stereocenters. The van der Waals surface area contributed by atoms with E-state index in [1.165, 1.54) is 4.90 Å². The summed E-state index contributed by atoms with van der Waals surface area (Å²) in [5.41, 5.74) is 0. The number of hydrogen-bond acceptors (Lipinski definition) is 5. The summed E-state index contributed by atoms with van der Waals surface area (Å²) >= 11 is 0. The maximum atomic E-state index is 12.0. The Kier molecular flexibility index (Phi) is 8.95. The highest BCUT2D eigenvalue weighted by molar-refractivity contribution is 7.90. The summed E-state index contributed by atoms with van der Waals surface area (Å²) < 4.78 is 22.1. The van der Waals surface area contributed by atoms with Crippen LogP contribution in [0.15, 0.2) is 0 Å². The number of nitrogens with one attached hydrogen (secondary N) is 1. The molecule has 0 radical (unpaired) electrons. The van der Waals surface area contributed by atoms with E-state index in [2.05, 4.69) is 5.32 Å². The van der Waals surface area contributed by atoms with Gasteiger partial charge < -0.3 is 20.4 Å². The molecule has 9 heteroatoms. The molecule has 0 saturated heterocycles. The van der Waals surface area contributed by atoms with Crippen LogP contribution in [0.2, 0.25) is 0 Å². The highest BCUT2D eigenvalue weighted by Crippen LogP contribution is 2.01. The number of amides is 2. The molecule has 0 aliphatic carbocycles. The van der Waals surface area contributed by atoms with Crippen molar-refractivity contribution in [3.05, 3.63) is 0 Å². The Hall–Kier alpha value is -1.35. The molecule has 124 valence electrons. The SMILES string of the molecule is CCCCN(CCO)C(=O)NC(CCS(C)(=O)=O)C(=O)O. The molecule has 0 aromatic rings. The first-order valence-corrected chi connectivity index (χ1v) is 8.84. The minimum atomic E-state index is -3.30. The monoisotopic (exact) mass is 324 g/mol. The van der Waals surface area contributed by atoms with Gasteiger partial charge in [-0.25, -0.2) is 18.0 Å². The number of aliphatic carboxylic acids is 1. The van der Waals surface area contributed by atoms with Gasteiger partial charge in [-0.2, -0.15) is 0 Å². The van der Waals surface area contributed by atoms with E-state index in [9.17, 15) is 18.0 Å². The number of rotatable bonds is 10. The van der Waals surface area contributed by atoms with Crippen LogP contribution < -0.4 is 5.32 Å². The molecule has 0 aromatic carbocycles. The van der Waals surface area contributed by atoms with Gasteiger partial charge in [-0.15, -0.1) is 0 Å². The molecule has 0 rings (SSSR count). The van der Waals surface area contributed by atoms with Crippen LogP contribution in [-0.4, -0.2) is 73.3 Å². The zero-order valence-electron chi connectivity index (χ0n) is 12.4. The molecule has 0 bridgehead atoms. The van der Waals surface area contributed by atoms with Crippen molar-refractivity contribution >= 4 is 21.8 Å². The van der Waals surface area contributed by atoms with E-state index in [0.29, 0.717) is 6.54 Å². The Labute approximate surface area is 125 Å². The smallest absolute Gasteiger partial charge is 0.326 e. The first-order valence-electron chi connectivity index (χ1n) is 6.78. The van der Waals surface area contributed by atoms with E-state index < -0.39 is 27.9 Å². The van der Waals surface area contributed by atoms with Gasteiger partial charge in [0.2, 0.25) is 0 Å². The number of nitrogens with zero attached hydrogens (tertiary/aromatic N) is 1. The second-order valence-electron chi connectivity index (χ2n) is 4.82. The normalized spacial score (nSPS) is 12.7. The van der Waals surface area contributed by atoms with Crippen LogP contribution in [0.4, 0.5) is 4.79 Å². The number of sulfone groups is 1. The molecule has 21 heavy (non-hydrogen) atoms. The molecule has 0 aliphatic heterocycles. The predicted molar refractivity (Wildman–Crippen MR) is 77.9 cm³/mol. The van der Waals surface area contributed by atoms with Gasteiger partial charge in [0.25, 0.3) is 0 Å². The van der Waals surface area contributed by atoms with Crippen molar-refractivity contribution in [3.8, 4) is 0 Å².